The Morgan fingerprint density at radius 1 is 1.23 bits per heavy atom. The molecule has 0 spiro atoms. The second-order valence-corrected chi connectivity index (χ2v) is 8.26. The Hall–Kier alpha value is -3.48. The van der Waals surface area contributed by atoms with Crippen molar-refractivity contribution in [1.82, 2.24) is 20.3 Å². The Bertz CT molecular complexity index is 1230. The van der Waals surface area contributed by atoms with Gasteiger partial charge in [-0.15, -0.1) is 0 Å². The molecule has 35 heavy (non-hydrogen) atoms. The van der Waals surface area contributed by atoms with Crippen molar-refractivity contribution in [2.75, 3.05) is 30.8 Å². The Morgan fingerprint density at radius 3 is 2.63 bits per heavy atom. The minimum absolute atomic E-state index is 0.000993. The molecule has 1 amide bonds. The van der Waals surface area contributed by atoms with Crippen LogP contribution in [-0.4, -0.2) is 47.3 Å². The summed E-state index contributed by atoms with van der Waals surface area (Å²) in [6.45, 7) is 2.08. The molecular weight excluding hydrogens is 475 g/mol. The number of aromatic amines is 1. The van der Waals surface area contributed by atoms with Crippen LogP contribution in [0.1, 0.15) is 30.9 Å². The number of carbonyl (C=O) groups excluding carboxylic acids is 1. The number of carbonyl (C=O) groups is 1. The number of fused-ring (bicyclic) bond motifs is 1. The minimum Gasteiger partial charge on any atom is -0.453 e. The van der Waals surface area contributed by atoms with Crippen LogP contribution in [0.5, 0.6) is 0 Å². The summed E-state index contributed by atoms with van der Waals surface area (Å²) < 4.78 is 75.2. The Morgan fingerprint density at radius 2 is 2.00 bits per heavy atom. The third kappa shape index (κ3) is 5.14. The summed E-state index contributed by atoms with van der Waals surface area (Å²) in [5.74, 6) is -3.45. The van der Waals surface area contributed by atoms with Crippen LogP contribution in [0.2, 0.25) is 0 Å². The molecule has 2 aromatic heterocycles. The maximum absolute atomic E-state index is 14.6. The first-order valence-electron chi connectivity index (χ1n) is 10.8. The van der Waals surface area contributed by atoms with Gasteiger partial charge in [0.25, 0.3) is 5.92 Å². The lowest BCUT2D eigenvalue weighted by molar-refractivity contribution is -0.137. The topological polar surface area (TPSA) is 104 Å². The third-order valence-electron chi connectivity index (χ3n) is 5.70. The van der Waals surface area contributed by atoms with Crippen LogP contribution in [0.3, 0.4) is 0 Å². The number of halogens is 5. The fraction of sp³-hybridized carbons (Fsp3) is 0.409. The standard InChI is InChI=1S/C22H23F5N6O2/c1-21(23,24)16-15(32-20(34)35-2)6-5-12-13(9-29-18(12)16)17-14(22(25,26)27)10-30-19(33-17)31-11-4-3-7-28-8-11/h5-6,9-11,28-29H,3-4,7-8H2,1-2H3,(H,32,34)(H,30,31,33)/t11-/m0/s1. The number of piperidine rings is 1. The van der Waals surface area contributed by atoms with Crippen LogP contribution in [0.25, 0.3) is 22.2 Å². The first kappa shape index (κ1) is 24.6. The number of methoxy groups -OCH3 is 1. The van der Waals surface area contributed by atoms with E-state index in [2.05, 4.69) is 35.6 Å². The molecule has 1 atom stereocenters. The Kier molecular flexibility index (Phi) is 6.54. The predicted molar refractivity (Wildman–Crippen MR) is 119 cm³/mol. The van der Waals surface area contributed by atoms with Crippen molar-refractivity contribution in [2.45, 2.75) is 37.9 Å². The van der Waals surface area contributed by atoms with Gasteiger partial charge in [0.2, 0.25) is 5.95 Å². The summed E-state index contributed by atoms with van der Waals surface area (Å²) >= 11 is 0. The number of ether oxygens (including phenoxy) is 1. The second-order valence-electron chi connectivity index (χ2n) is 8.26. The lowest BCUT2D eigenvalue weighted by Gasteiger charge is -2.24. The molecule has 1 aliphatic rings. The number of nitrogens with one attached hydrogen (secondary N) is 4. The number of benzene rings is 1. The van der Waals surface area contributed by atoms with Gasteiger partial charge in [-0.25, -0.2) is 23.5 Å². The molecule has 4 rings (SSSR count). The van der Waals surface area contributed by atoms with E-state index in [4.69, 9.17) is 0 Å². The average molecular weight is 498 g/mol. The monoisotopic (exact) mass is 498 g/mol. The quantitative estimate of drug-likeness (QED) is 0.365. The molecule has 0 radical (unpaired) electrons. The van der Waals surface area contributed by atoms with E-state index in [0.29, 0.717) is 19.7 Å². The maximum Gasteiger partial charge on any atom is 0.419 e. The largest absolute Gasteiger partial charge is 0.453 e. The van der Waals surface area contributed by atoms with Crippen LogP contribution in [-0.2, 0) is 16.8 Å². The van der Waals surface area contributed by atoms with Crippen LogP contribution in [0.15, 0.2) is 24.5 Å². The third-order valence-corrected chi connectivity index (χ3v) is 5.70. The van der Waals surface area contributed by atoms with E-state index in [9.17, 15) is 26.7 Å². The van der Waals surface area contributed by atoms with E-state index >= 15 is 0 Å². The van der Waals surface area contributed by atoms with Crippen molar-refractivity contribution in [1.29, 1.82) is 0 Å². The van der Waals surface area contributed by atoms with Gasteiger partial charge < -0.3 is 20.4 Å². The van der Waals surface area contributed by atoms with Crippen LogP contribution in [0, 0.1) is 0 Å². The molecule has 0 unspecified atom stereocenters. The second kappa shape index (κ2) is 9.29. The fourth-order valence-electron chi connectivity index (χ4n) is 4.14. The summed E-state index contributed by atoms with van der Waals surface area (Å²) in [5.41, 5.74) is -2.57. The maximum atomic E-state index is 14.6. The first-order valence-corrected chi connectivity index (χ1v) is 10.8. The van der Waals surface area contributed by atoms with Gasteiger partial charge in [0.1, 0.15) is 5.56 Å². The van der Waals surface area contributed by atoms with Crippen LogP contribution >= 0.6 is 0 Å². The van der Waals surface area contributed by atoms with Gasteiger partial charge in [-0.05, 0) is 25.5 Å². The molecule has 4 N–H and O–H groups in total. The molecule has 0 aliphatic carbocycles. The van der Waals surface area contributed by atoms with Gasteiger partial charge in [0.05, 0.1) is 29.6 Å². The molecule has 188 valence electrons. The number of hydrogen-bond acceptors (Lipinski definition) is 6. The van der Waals surface area contributed by atoms with Crippen molar-refractivity contribution < 1.29 is 31.5 Å². The summed E-state index contributed by atoms with van der Waals surface area (Å²) in [6, 6.07) is 2.46. The molecule has 0 saturated carbocycles. The van der Waals surface area contributed by atoms with Crippen molar-refractivity contribution >= 4 is 28.6 Å². The van der Waals surface area contributed by atoms with Gasteiger partial charge >= 0.3 is 12.3 Å². The average Bonchev–Trinajstić information content (AvgIpc) is 3.21. The smallest absolute Gasteiger partial charge is 0.419 e. The predicted octanol–water partition coefficient (Wildman–Crippen LogP) is 5.10. The van der Waals surface area contributed by atoms with Gasteiger partial charge in [0, 0.05) is 42.9 Å². The van der Waals surface area contributed by atoms with E-state index in [1.54, 1.807) is 0 Å². The molecule has 0 bridgehead atoms. The van der Waals surface area contributed by atoms with Gasteiger partial charge in [0.15, 0.2) is 0 Å². The molecule has 8 nitrogen and oxygen atoms in total. The number of aromatic nitrogens is 3. The highest BCUT2D eigenvalue weighted by atomic mass is 19.4. The lowest BCUT2D eigenvalue weighted by atomic mass is 9.99. The number of alkyl halides is 5. The molecule has 13 heteroatoms. The van der Waals surface area contributed by atoms with E-state index in [1.807, 2.05) is 0 Å². The summed E-state index contributed by atoms with van der Waals surface area (Å²) in [4.78, 5) is 22.3. The molecule has 1 aromatic carbocycles. The summed E-state index contributed by atoms with van der Waals surface area (Å²) in [7, 11) is 1.08. The zero-order chi connectivity index (χ0) is 25.4. The van der Waals surface area contributed by atoms with Crippen LogP contribution < -0.4 is 16.0 Å². The van der Waals surface area contributed by atoms with E-state index < -0.39 is 35.0 Å². The van der Waals surface area contributed by atoms with Gasteiger partial charge in [-0.1, -0.05) is 6.07 Å². The summed E-state index contributed by atoms with van der Waals surface area (Å²) in [6.07, 6.45) is -2.19. The number of hydrogen-bond donors (Lipinski definition) is 4. The normalized spacial score (nSPS) is 16.8. The number of H-pyrrole nitrogens is 1. The molecule has 1 aliphatic heterocycles. The van der Waals surface area contributed by atoms with Crippen molar-refractivity contribution in [3.05, 3.63) is 35.7 Å². The van der Waals surface area contributed by atoms with Gasteiger partial charge in [-0.2, -0.15) is 13.2 Å². The van der Waals surface area contributed by atoms with E-state index in [1.165, 1.54) is 18.3 Å². The molecule has 1 saturated heterocycles. The highest BCUT2D eigenvalue weighted by molar-refractivity contribution is 6.01. The lowest BCUT2D eigenvalue weighted by Crippen LogP contribution is -2.38. The molecule has 3 heterocycles. The number of nitrogens with zero attached hydrogens (tertiary/aromatic N) is 2. The zero-order valence-corrected chi connectivity index (χ0v) is 18.8. The fourth-order valence-corrected chi connectivity index (χ4v) is 4.14. The SMILES string of the molecule is COC(=O)Nc1ccc2c(-c3nc(N[C@H]4CCCNC4)ncc3C(F)(F)F)c[nH]c2c1C(C)(F)F. The minimum atomic E-state index is -4.78. The Balaban J connectivity index is 1.86. The van der Waals surface area contributed by atoms with Crippen LogP contribution in [0.4, 0.5) is 38.4 Å². The molecule has 1 fully saturated rings. The van der Waals surface area contributed by atoms with Crippen molar-refractivity contribution in [3.63, 3.8) is 0 Å². The highest BCUT2D eigenvalue weighted by Gasteiger charge is 2.37. The van der Waals surface area contributed by atoms with E-state index in [-0.39, 0.29) is 34.1 Å². The van der Waals surface area contributed by atoms with Crippen molar-refractivity contribution in [3.8, 4) is 11.3 Å². The number of amides is 1. The zero-order valence-electron chi connectivity index (χ0n) is 18.8. The molecule has 3 aromatic rings. The first-order chi connectivity index (χ1) is 16.5. The van der Waals surface area contributed by atoms with Gasteiger partial charge in [-0.3, -0.25) is 5.32 Å². The molecular formula is C22H23F5N6O2. The number of anilines is 2. The number of rotatable bonds is 5. The Labute approximate surface area is 196 Å². The van der Waals surface area contributed by atoms with Crippen molar-refractivity contribution in [2.24, 2.45) is 0 Å². The summed E-state index contributed by atoms with van der Waals surface area (Å²) in [5, 5.41) is 8.52. The highest BCUT2D eigenvalue weighted by Crippen LogP contribution is 2.43. The van der Waals surface area contributed by atoms with E-state index in [0.717, 1.165) is 26.5 Å².